The number of hydrogen-bond donors (Lipinski definition) is 0. The molecule has 0 saturated carbocycles. The van der Waals surface area contributed by atoms with E-state index in [1.54, 1.807) is 0 Å². The number of halogens is 2. The smallest absolute Gasteiger partial charge is 0.130 e. The van der Waals surface area contributed by atoms with Crippen LogP contribution in [0.1, 0.15) is 0 Å². The highest BCUT2D eigenvalue weighted by Crippen LogP contribution is 2.37. The van der Waals surface area contributed by atoms with E-state index in [0.29, 0.717) is 10.8 Å². The predicted molar refractivity (Wildman–Crippen MR) is 145 cm³/mol. The summed E-state index contributed by atoms with van der Waals surface area (Å²) in [4.78, 5) is 0. The van der Waals surface area contributed by atoms with Gasteiger partial charge in [0.2, 0.25) is 0 Å². The second-order valence-corrected chi connectivity index (χ2v) is 9.47. The number of para-hydroxylation sites is 3. The Morgan fingerprint density at radius 1 is 0.618 bits per heavy atom. The molecule has 6 rings (SSSR count). The van der Waals surface area contributed by atoms with E-state index in [1.807, 2.05) is 30.3 Å². The zero-order chi connectivity index (χ0) is 23.1. The third-order valence-corrected chi connectivity index (χ3v) is 6.62. The highest BCUT2D eigenvalue weighted by Gasteiger charge is 2.15. The van der Waals surface area contributed by atoms with Gasteiger partial charge in [0.05, 0.1) is 16.7 Å². The second-order valence-electron chi connectivity index (χ2n) is 8.12. The van der Waals surface area contributed by atoms with Crippen molar-refractivity contribution in [2.75, 3.05) is 0 Å². The van der Waals surface area contributed by atoms with Crippen molar-refractivity contribution in [1.29, 1.82) is 0 Å². The molecule has 0 aliphatic carbocycles. The molecular formula is C30H19BrClNO. The Bertz CT molecular complexity index is 1600. The first kappa shape index (κ1) is 21.0. The van der Waals surface area contributed by atoms with Crippen LogP contribution in [0.3, 0.4) is 0 Å². The van der Waals surface area contributed by atoms with Crippen molar-refractivity contribution in [2.24, 2.45) is 0 Å². The third kappa shape index (κ3) is 3.77. The Morgan fingerprint density at radius 3 is 2.03 bits per heavy atom. The largest absolute Gasteiger partial charge is 0.457 e. The molecule has 0 unspecified atom stereocenters. The number of nitrogens with zero attached hydrogens (tertiary/aromatic N) is 1. The zero-order valence-electron chi connectivity index (χ0n) is 18.1. The van der Waals surface area contributed by atoms with Gasteiger partial charge in [0, 0.05) is 25.8 Å². The van der Waals surface area contributed by atoms with Crippen molar-refractivity contribution in [3.8, 4) is 28.3 Å². The molecule has 0 amide bonds. The van der Waals surface area contributed by atoms with Gasteiger partial charge in [0.1, 0.15) is 11.5 Å². The molecule has 0 aliphatic heterocycles. The van der Waals surface area contributed by atoms with Gasteiger partial charge < -0.3 is 9.30 Å². The lowest BCUT2D eigenvalue weighted by molar-refractivity contribution is 0.482. The van der Waals surface area contributed by atoms with Crippen LogP contribution in [0.2, 0.25) is 5.02 Å². The Morgan fingerprint density at radius 2 is 1.29 bits per heavy atom. The van der Waals surface area contributed by atoms with Crippen LogP contribution in [0.4, 0.5) is 0 Å². The Kier molecular flexibility index (Phi) is 5.37. The minimum absolute atomic E-state index is 0.622. The van der Waals surface area contributed by atoms with Crippen molar-refractivity contribution in [3.63, 3.8) is 0 Å². The van der Waals surface area contributed by atoms with E-state index in [2.05, 4.69) is 105 Å². The van der Waals surface area contributed by atoms with E-state index in [9.17, 15) is 0 Å². The van der Waals surface area contributed by atoms with Crippen LogP contribution in [-0.4, -0.2) is 4.57 Å². The van der Waals surface area contributed by atoms with E-state index in [1.165, 1.54) is 21.8 Å². The molecule has 6 aromatic rings. The summed E-state index contributed by atoms with van der Waals surface area (Å²) in [6.45, 7) is 0. The van der Waals surface area contributed by atoms with Crippen molar-refractivity contribution < 1.29 is 4.74 Å². The van der Waals surface area contributed by atoms with Gasteiger partial charge in [-0.05, 0) is 54.1 Å². The second kappa shape index (κ2) is 8.68. The Labute approximate surface area is 211 Å². The van der Waals surface area contributed by atoms with Gasteiger partial charge in [0.15, 0.2) is 0 Å². The van der Waals surface area contributed by atoms with Crippen LogP contribution in [0.15, 0.2) is 120 Å². The number of benzene rings is 5. The molecule has 2 nitrogen and oxygen atoms in total. The molecule has 0 spiro atoms. The van der Waals surface area contributed by atoms with Crippen molar-refractivity contribution in [3.05, 3.63) is 125 Å². The lowest BCUT2D eigenvalue weighted by atomic mass is 10.0. The highest BCUT2D eigenvalue weighted by atomic mass is 79.9. The van der Waals surface area contributed by atoms with E-state index in [0.717, 1.165) is 27.0 Å². The van der Waals surface area contributed by atoms with Crippen molar-refractivity contribution >= 4 is 49.3 Å². The summed E-state index contributed by atoms with van der Waals surface area (Å²) in [5.74, 6) is 1.44. The lowest BCUT2D eigenvalue weighted by Crippen LogP contribution is -1.97. The fraction of sp³-hybridized carbons (Fsp3) is 0. The zero-order valence-corrected chi connectivity index (χ0v) is 20.4. The fourth-order valence-electron chi connectivity index (χ4n) is 4.55. The normalized spacial score (nSPS) is 11.2. The standard InChI is InChI=1S/C30H19BrClNO/c31-21-17-22(32)19-24(18-21)34-23-9-7-8-20(16-23)25-10-1-4-13-28(25)33-29-14-5-2-11-26(29)27-12-3-6-15-30(27)33/h1-19H. The van der Waals surface area contributed by atoms with Crippen molar-refractivity contribution in [1.82, 2.24) is 4.57 Å². The topological polar surface area (TPSA) is 14.2 Å². The van der Waals surface area contributed by atoms with Crippen LogP contribution in [0.5, 0.6) is 11.5 Å². The summed E-state index contributed by atoms with van der Waals surface area (Å²) in [6.07, 6.45) is 0. The molecule has 5 aromatic carbocycles. The Balaban J connectivity index is 1.50. The molecule has 4 heteroatoms. The molecule has 34 heavy (non-hydrogen) atoms. The highest BCUT2D eigenvalue weighted by molar-refractivity contribution is 9.10. The van der Waals surface area contributed by atoms with Crippen LogP contribution in [-0.2, 0) is 0 Å². The van der Waals surface area contributed by atoms with Crippen molar-refractivity contribution in [2.45, 2.75) is 0 Å². The molecule has 0 N–H and O–H groups in total. The van der Waals surface area contributed by atoms with Gasteiger partial charge in [-0.2, -0.15) is 0 Å². The monoisotopic (exact) mass is 523 g/mol. The fourth-order valence-corrected chi connectivity index (χ4v) is 5.37. The molecule has 0 atom stereocenters. The average Bonchev–Trinajstić information content (AvgIpc) is 3.18. The maximum atomic E-state index is 6.20. The van der Waals surface area contributed by atoms with Crippen LogP contribution in [0, 0.1) is 0 Å². The number of rotatable bonds is 4. The molecule has 0 bridgehead atoms. The minimum atomic E-state index is 0.622. The quantitative estimate of drug-likeness (QED) is 0.224. The average molecular weight is 525 g/mol. The summed E-state index contributed by atoms with van der Waals surface area (Å²) < 4.78 is 9.38. The van der Waals surface area contributed by atoms with Crippen LogP contribution < -0.4 is 4.74 Å². The van der Waals surface area contributed by atoms with Gasteiger partial charge in [0.25, 0.3) is 0 Å². The summed E-state index contributed by atoms with van der Waals surface area (Å²) in [5, 5.41) is 3.12. The van der Waals surface area contributed by atoms with Gasteiger partial charge in [-0.1, -0.05) is 94.3 Å². The van der Waals surface area contributed by atoms with Crippen LogP contribution >= 0.6 is 27.5 Å². The molecule has 1 aromatic heterocycles. The van der Waals surface area contributed by atoms with Gasteiger partial charge in [-0.15, -0.1) is 0 Å². The third-order valence-electron chi connectivity index (χ3n) is 5.94. The number of aromatic nitrogens is 1. The predicted octanol–water partition coefficient (Wildman–Crippen LogP) is 9.66. The molecule has 0 saturated heterocycles. The molecular weight excluding hydrogens is 506 g/mol. The summed E-state index contributed by atoms with van der Waals surface area (Å²) >= 11 is 9.69. The van der Waals surface area contributed by atoms with E-state index in [-0.39, 0.29) is 0 Å². The Hall–Kier alpha value is -3.53. The van der Waals surface area contributed by atoms with E-state index < -0.39 is 0 Å². The maximum absolute atomic E-state index is 6.20. The summed E-state index contributed by atoms with van der Waals surface area (Å²) in [7, 11) is 0. The minimum Gasteiger partial charge on any atom is -0.457 e. The van der Waals surface area contributed by atoms with Gasteiger partial charge in [-0.3, -0.25) is 0 Å². The molecule has 0 radical (unpaired) electrons. The SMILES string of the molecule is Clc1cc(Br)cc(Oc2cccc(-c3ccccc3-n3c4ccccc4c4ccccc43)c2)c1. The summed E-state index contributed by atoms with van der Waals surface area (Å²) in [5.41, 5.74) is 5.71. The number of ether oxygens (including phenoxy) is 1. The maximum Gasteiger partial charge on any atom is 0.130 e. The number of fused-ring (bicyclic) bond motifs is 3. The first-order valence-corrected chi connectivity index (χ1v) is 12.2. The van der Waals surface area contributed by atoms with Gasteiger partial charge in [-0.25, -0.2) is 0 Å². The van der Waals surface area contributed by atoms with Crippen LogP contribution in [0.25, 0.3) is 38.6 Å². The first-order valence-electron chi connectivity index (χ1n) is 11.0. The lowest BCUT2D eigenvalue weighted by Gasteiger charge is -2.15. The molecule has 0 fully saturated rings. The summed E-state index contributed by atoms with van der Waals surface area (Å²) in [6, 6.07) is 39.4. The molecule has 1 heterocycles. The van der Waals surface area contributed by atoms with Gasteiger partial charge >= 0.3 is 0 Å². The van der Waals surface area contributed by atoms with E-state index in [4.69, 9.17) is 16.3 Å². The number of hydrogen-bond acceptors (Lipinski definition) is 1. The molecule has 164 valence electrons. The van der Waals surface area contributed by atoms with E-state index >= 15 is 0 Å². The first-order chi connectivity index (χ1) is 16.7. The molecule has 0 aliphatic rings.